The van der Waals surface area contributed by atoms with Gasteiger partial charge in [-0.3, -0.25) is 14.6 Å². The highest BCUT2D eigenvalue weighted by molar-refractivity contribution is 7.91. The van der Waals surface area contributed by atoms with Crippen molar-refractivity contribution in [3.05, 3.63) is 96.6 Å². The van der Waals surface area contributed by atoms with Crippen LogP contribution < -0.4 is 25.1 Å². The number of nitrogens with two attached hydrogens (primary N) is 1. The summed E-state index contributed by atoms with van der Waals surface area (Å²) in [7, 11) is -6.77. The maximum atomic E-state index is 12.7. The van der Waals surface area contributed by atoms with Gasteiger partial charge in [0, 0.05) is 29.6 Å². The number of nitrogens with one attached hydrogen (secondary N) is 3. The summed E-state index contributed by atoms with van der Waals surface area (Å²) in [6.07, 6.45) is 1.33. The van der Waals surface area contributed by atoms with Gasteiger partial charge in [-0.15, -0.1) is 0 Å². The number of aliphatic carboxylic acids is 1. The normalized spacial score (nSPS) is 18.9. The number of hydrogen-bond acceptors (Lipinski definition) is 9. The van der Waals surface area contributed by atoms with E-state index in [1.54, 1.807) is 65.8 Å². The second kappa shape index (κ2) is 24.1. The topological polar surface area (TPSA) is 214 Å². The van der Waals surface area contributed by atoms with Crippen LogP contribution in [0.4, 0.5) is 37.7 Å². The van der Waals surface area contributed by atoms with Gasteiger partial charge in [-0.25, -0.2) is 30.8 Å². The lowest BCUT2D eigenvalue weighted by Crippen LogP contribution is -2.46. The van der Waals surface area contributed by atoms with Gasteiger partial charge in [0.2, 0.25) is 26.0 Å². The zero-order valence-corrected chi connectivity index (χ0v) is 39.6. The monoisotopic (exact) mass is 1020 g/mol. The summed E-state index contributed by atoms with van der Waals surface area (Å²) in [5.41, 5.74) is 6.27. The lowest BCUT2D eigenvalue weighted by molar-refractivity contribution is -0.599. The fourth-order valence-electron chi connectivity index (χ4n) is 6.76. The van der Waals surface area contributed by atoms with Gasteiger partial charge in [0.05, 0.1) is 62.2 Å². The average Bonchev–Trinajstić information content (AvgIpc) is 3.23. The Hall–Kier alpha value is -5.19. The van der Waals surface area contributed by atoms with E-state index in [9.17, 15) is 52.8 Å². The first kappa shape index (κ1) is 59.9. The molecule has 1 aromatic carbocycles. The smallest absolute Gasteiger partial charge is 0.416 e. The number of carboxylic acid groups (broad SMARTS) is 1. The Morgan fingerprint density at radius 3 is 1.45 bits per heavy atom. The number of amides is 1. The van der Waals surface area contributed by atoms with E-state index in [0.717, 1.165) is 24.3 Å². The molecule has 0 atom stereocenters. The number of hydrogen-bond donors (Lipinski definition) is 5. The van der Waals surface area contributed by atoms with Crippen molar-refractivity contribution in [1.82, 2.24) is 19.4 Å². The molecule has 2 fully saturated rings. The Labute approximate surface area is 402 Å². The van der Waals surface area contributed by atoms with Gasteiger partial charge in [0.25, 0.3) is 0 Å². The van der Waals surface area contributed by atoms with E-state index in [1.807, 2.05) is 0 Å². The second-order valence-electron chi connectivity index (χ2n) is 18.3. The van der Waals surface area contributed by atoms with Crippen molar-refractivity contribution in [2.75, 3.05) is 11.1 Å². The number of sulfonamides is 2. The largest absolute Gasteiger partial charge is 0.481 e. The minimum atomic E-state index is -4.41. The third-order valence-electron chi connectivity index (χ3n) is 11.2. The number of nitrogen functional groups attached to an aromatic ring is 1. The first-order chi connectivity index (χ1) is 30.9. The quantitative estimate of drug-likeness (QED) is 0.0791. The molecule has 4 aromatic rings. The molecule has 0 bridgehead atoms. The highest BCUT2D eigenvalue weighted by Crippen LogP contribution is 2.32. The number of carbonyl (C=O) groups is 2. The summed E-state index contributed by atoms with van der Waals surface area (Å²) in [6.45, 7) is 9.88. The van der Waals surface area contributed by atoms with Gasteiger partial charge < -0.3 is 16.2 Å². The zero-order chi connectivity index (χ0) is 50.2. The highest BCUT2D eigenvalue weighted by atomic mass is 32.2. The SMILES string of the molecule is C.C.CC(C)(C)S(=O)(=O)NC1CCC(C(=O)Nc2ccc(-[n+]3ccc(C(F)(F)F)cc3)nc2)CC1.CC(C)(C)S(=O)(=O)NC1CCC(C(=O)O)CC1.Nc1ccc(-c2ccc(C(F)(F)F)cc2)nc1. The first-order valence-corrected chi connectivity index (χ1v) is 24.3. The van der Waals surface area contributed by atoms with Gasteiger partial charge in [-0.2, -0.15) is 26.3 Å². The number of rotatable bonds is 9. The Kier molecular flexibility index (Phi) is 20.9. The lowest BCUT2D eigenvalue weighted by Gasteiger charge is -2.30. The average molecular weight is 1020 g/mol. The van der Waals surface area contributed by atoms with Crippen LogP contribution in [0.25, 0.3) is 17.1 Å². The lowest BCUT2D eigenvalue weighted by atomic mass is 9.86. The maximum Gasteiger partial charge on any atom is 0.416 e. The molecular weight excluding hydrogens is 953 g/mol. The number of alkyl halides is 6. The molecule has 0 saturated heterocycles. The van der Waals surface area contributed by atoms with E-state index in [-0.39, 0.29) is 44.7 Å². The molecule has 6 N–H and O–H groups in total. The minimum absolute atomic E-state index is 0. The summed E-state index contributed by atoms with van der Waals surface area (Å²) >= 11 is 0. The van der Waals surface area contributed by atoms with E-state index >= 15 is 0 Å². The molecule has 0 spiro atoms. The van der Waals surface area contributed by atoms with Crippen LogP contribution in [0.1, 0.15) is 119 Å². The van der Waals surface area contributed by atoms with E-state index in [0.29, 0.717) is 79.8 Å². The number of carboxylic acids is 1. The van der Waals surface area contributed by atoms with Crippen LogP contribution in [0.2, 0.25) is 0 Å². The summed E-state index contributed by atoms with van der Waals surface area (Å²) in [4.78, 5) is 31.6. The summed E-state index contributed by atoms with van der Waals surface area (Å²) in [5, 5.41) is 11.7. The van der Waals surface area contributed by atoms with Crippen molar-refractivity contribution in [2.24, 2.45) is 11.8 Å². The van der Waals surface area contributed by atoms with Crippen LogP contribution >= 0.6 is 0 Å². The van der Waals surface area contributed by atoms with Crippen molar-refractivity contribution in [3.63, 3.8) is 0 Å². The molecule has 22 heteroatoms. The number of nitrogens with zero attached hydrogens (tertiary/aromatic N) is 3. The fraction of sp³-hybridized carbons (Fsp3) is 0.511. The molecule has 3 aromatic heterocycles. The Balaban J connectivity index is 0.000000384. The van der Waals surface area contributed by atoms with Crippen LogP contribution in [-0.2, 0) is 42.0 Å². The van der Waals surface area contributed by atoms with E-state index in [1.165, 1.54) is 41.5 Å². The van der Waals surface area contributed by atoms with Gasteiger partial charge >= 0.3 is 24.1 Å². The van der Waals surface area contributed by atoms with Crippen LogP contribution in [0.3, 0.4) is 0 Å². The van der Waals surface area contributed by atoms with Crippen molar-refractivity contribution < 1.29 is 62.4 Å². The third-order valence-corrected chi connectivity index (χ3v) is 15.7. The van der Waals surface area contributed by atoms with Crippen LogP contribution in [0, 0.1) is 11.8 Å². The van der Waals surface area contributed by atoms with Crippen LogP contribution in [-0.4, -0.2) is 65.4 Å². The van der Waals surface area contributed by atoms with Gasteiger partial charge in [-0.05, 0) is 140 Å². The predicted molar refractivity (Wildman–Crippen MR) is 255 cm³/mol. The van der Waals surface area contributed by atoms with Gasteiger partial charge in [-0.1, -0.05) is 27.0 Å². The minimum Gasteiger partial charge on any atom is -0.481 e. The summed E-state index contributed by atoms with van der Waals surface area (Å²) in [6, 6.07) is 13.0. The van der Waals surface area contributed by atoms with Crippen molar-refractivity contribution in [2.45, 2.75) is 142 Å². The number of aromatic nitrogens is 3. The molecule has 2 aliphatic rings. The first-order valence-electron chi connectivity index (χ1n) is 21.4. The van der Waals surface area contributed by atoms with E-state index < -0.39 is 59.0 Å². The van der Waals surface area contributed by atoms with Gasteiger partial charge in [0.15, 0.2) is 6.20 Å². The molecule has 0 radical (unpaired) electrons. The number of benzene rings is 1. The summed E-state index contributed by atoms with van der Waals surface area (Å²) in [5.74, 6) is -1.07. The molecule has 6 rings (SSSR count). The van der Waals surface area contributed by atoms with Crippen LogP contribution in [0.5, 0.6) is 0 Å². The maximum absolute atomic E-state index is 12.7. The van der Waals surface area contributed by atoms with Crippen LogP contribution in [0.15, 0.2) is 85.5 Å². The fourth-order valence-corrected chi connectivity index (χ4v) is 8.81. The molecular formula is C47H66F6N7O7S2+. The molecule has 3 heterocycles. The molecule has 2 saturated carbocycles. The Bertz CT molecular complexity index is 2480. The summed E-state index contributed by atoms with van der Waals surface area (Å²) < 4.78 is 129. The standard InChI is InChI=1S/C22H27F3N4O3S.C12H9F3N2.C11H21NO4S.2CH4/c1-21(2,3)33(31,32)28-17-6-4-15(5-7-17)20(30)27-18-8-9-19(26-14-18)29-12-10-16(11-13-29)22(23,24)25;13-12(14,15)9-3-1-8(2-4-9)11-6-5-10(16)7-17-11;1-11(2,3)17(15,16)12-9-6-4-8(5-7-9)10(13)14;;/h8-15,17,28H,4-7H2,1-3H3;1-7H,16H2;8-9,12H,4-7H2,1-3H3,(H,13,14);2*1H4/p+1. The Morgan fingerprint density at radius 1 is 0.623 bits per heavy atom. The van der Waals surface area contributed by atoms with Crippen molar-refractivity contribution >= 4 is 43.3 Å². The highest BCUT2D eigenvalue weighted by Gasteiger charge is 2.36. The zero-order valence-electron chi connectivity index (χ0n) is 37.9. The molecule has 384 valence electrons. The second-order valence-corrected chi connectivity index (χ2v) is 23.3. The number of pyridine rings is 3. The molecule has 0 unspecified atom stereocenters. The number of halogens is 6. The predicted octanol–water partition coefficient (Wildman–Crippen LogP) is 9.56. The van der Waals surface area contributed by atoms with Crippen molar-refractivity contribution in [3.8, 4) is 17.1 Å². The van der Waals surface area contributed by atoms with Gasteiger partial charge in [0.1, 0.15) is 0 Å². The molecule has 2 aliphatic carbocycles. The Morgan fingerprint density at radius 2 is 1.07 bits per heavy atom. The third kappa shape index (κ3) is 17.6. The number of anilines is 2. The van der Waals surface area contributed by atoms with E-state index in [2.05, 4.69) is 24.7 Å². The van der Waals surface area contributed by atoms with E-state index in [4.69, 9.17) is 10.8 Å². The molecule has 0 aliphatic heterocycles. The molecule has 1 amide bonds. The van der Waals surface area contributed by atoms with Crippen molar-refractivity contribution in [1.29, 1.82) is 0 Å². The number of carbonyl (C=O) groups excluding carboxylic acids is 1. The molecule has 14 nitrogen and oxygen atoms in total. The molecule has 69 heavy (non-hydrogen) atoms.